The van der Waals surface area contributed by atoms with Gasteiger partial charge in [-0.1, -0.05) is 6.04 Å². The predicted octanol–water partition coefficient (Wildman–Crippen LogP) is 1.85. The minimum absolute atomic E-state index is 0.0104. The number of rotatable bonds is 1. The molecule has 1 fully saturated rings. The zero-order chi connectivity index (χ0) is 11.9. The first-order chi connectivity index (χ1) is 7.52. The third-order valence-electron chi connectivity index (χ3n) is 2.34. The van der Waals surface area contributed by atoms with Gasteiger partial charge in [-0.3, -0.25) is 9.88 Å². The summed E-state index contributed by atoms with van der Waals surface area (Å²) in [6.07, 6.45) is 1.63. The number of hydrogen-bond acceptors (Lipinski definition) is 2. The second kappa shape index (κ2) is 3.23. The largest absolute Gasteiger partial charge is 0.299 e. The second-order valence-electron chi connectivity index (χ2n) is 3.14. The molecule has 1 aromatic heterocycles. The van der Waals surface area contributed by atoms with E-state index in [4.69, 9.17) is 5.48 Å². The SMILES string of the molecule is [2H]c1nc([2H])c([C@@H]2CCCN2C)c([2H])c1[2H]. The number of pyridine rings is 1. The van der Waals surface area contributed by atoms with Crippen LogP contribution < -0.4 is 0 Å². The van der Waals surface area contributed by atoms with Crippen molar-refractivity contribution in [2.45, 2.75) is 18.9 Å². The molecule has 0 unspecified atom stereocenters. The maximum absolute atomic E-state index is 7.84. The van der Waals surface area contributed by atoms with Crippen LogP contribution in [0.15, 0.2) is 24.4 Å². The van der Waals surface area contributed by atoms with Gasteiger partial charge >= 0.3 is 0 Å². The van der Waals surface area contributed by atoms with Crippen molar-refractivity contribution in [3.05, 3.63) is 30.0 Å². The highest BCUT2D eigenvalue weighted by Crippen LogP contribution is 2.29. The molecule has 2 nitrogen and oxygen atoms in total. The average Bonchev–Trinajstić information content (AvgIpc) is 2.62. The summed E-state index contributed by atoms with van der Waals surface area (Å²) in [5.41, 5.74) is 0.501. The van der Waals surface area contributed by atoms with Crippen LogP contribution in [0.5, 0.6) is 0 Å². The molecule has 0 bridgehead atoms. The summed E-state index contributed by atoms with van der Waals surface area (Å²) >= 11 is 0. The first kappa shape index (κ1) is 4.38. The Hall–Kier alpha value is -0.890. The maximum Gasteiger partial charge on any atom is 0.0843 e. The third kappa shape index (κ3) is 1.34. The average molecular weight is 166 g/mol. The van der Waals surface area contributed by atoms with Crippen molar-refractivity contribution in [3.8, 4) is 0 Å². The highest BCUT2D eigenvalue weighted by atomic mass is 15.1. The van der Waals surface area contributed by atoms with E-state index in [1.165, 1.54) is 0 Å². The van der Waals surface area contributed by atoms with Gasteiger partial charge in [0.1, 0.15) is 0 Å². The van der Waals surface area contributed by atoms with E-state index in [1.807, 2.05) is 7.05 Å². The van der Waals surface area contributed by atoms with E-state index in [1.54, 1.807) is 0 Å². The molecule has 12 heavy (non-hydrogen) atoms. The van der Waals surface area contributed by atoms with Gasteiger partial charge in [-0.05, 0) is 38.0 Å². The molecular weight excluding hydrogens is 148 g/mol. The van der Waals surface area contributed by atoms with Gasteiger partial charge in [0.05, 0.1) is 5.48 Å². The molecular formula is C10H14N2. The van der Waals surface area contributed by atoms with E-state index >= 15 is 0 Å². The first-order valence-corrected chi connectivity index (χ1v) is 4.17. The van der Waals surface area contributed by atoms with Gasteiger partial charge < -0.3 is 0 Å². The summed E-state index contributed by atoms with van der Waals surface area (Å²) in [5, 5.41) is 0. The lowest BCUT2D eigenvalue weighted by atomic mass is 10.1. The summed E-state index contributed by atoms with van der Waals surface area (Å²) < 4.78 is 30.5. The van der Waals surface area contributed by atoms with E-state index in [0.717, 1.165) is 19.4 Å². The molecule has 0 amide bonds. The Kier molecular flexibility index (Phi) is 1.18. The number of aromatic nitrogens is 1. The van der Waals surface area contributed by atoms with E-state index in [-0.39, 0.29) is 30.5 Å². The van der Waals surface area contributed by atoms with Crippen LogP contribution in [0.1, 0.15) is 29.9 Å². The molecule has 0 aliphatic carbocycles. The topological polar surface area (TPSA) is 16.1 Å². The molecule has 2 heteroatoms. The molecule has 1 saturated heterocycles. The predicted molar refractivity (Wildman–Crippen MR) is 48.8 cm³/mol. The fraction of sp³-hybridized carbons (Fsp3) is 0.500. The van der Waals surface area contributed by atoms with E-state index in [9.17, 15) is 0 Å². The van der Waals surface area contributed by atoms with E-state index < -0.39 is 0 Å². The van der Waals surface area contributed by atoms with Gasteiger partial charge in [-0.2, -0.15) is 0 Å². The highest BCUT2D eigenvalue weighted by Gasteiger charge is 2.21. The summed E-state index contributed by atoms with van der Waals surface area (Å²) in [6.45, 7) is 0.944. The molecule has 1 aliphatic rings. The summed E-state index contributed by atoms with van der Waals surface area (Å²) in [5.74, 6) is 0. The third-order valence-corrected chi connectivity index (χ3v) is 2.34. The van der Waals surface area contributed by atoms with Crippen LogP contribution in [-0.4, -0.2) is 23.5 Å². The van der Waals surface area contributed by atoms with Crippen LogP contribution in [0.3, 0.4) is 0 Å². The fourth-order valence-electron chi connectivity index (χ4n) is 1.67. The van der Waals surface area contributed by atoms with Crippen molar-refractivity contribution in [2.75, 3.05) is 13.6 Å². The number of nitrogens with zero attached hydrogens (tertiary/aromatic N) is 2. The minimum atomic E-state index is -0.278. The summed E-state index contributed by atoms with van der Waals surface area (Å²) in [6, 6.07) is -0.174. The van der Waals surface area contributed by atoms with Gasteiger partial charge in [-0.15, -0.1) is 0 Å². The molecule has 0 aromatic carbocycles. The minimum Gasteiger partial charge on any atom is -0.299 e. The van der Waals surface area contributed by atoms with Gasteiger partial charge in [0.2, 0.25) is 0 Å². The number of likely N-dealkylation sites (tertiary alicyclic amines) is 1. The molecule has 0 spiro atoms. The molecule has 1 aliphatic heterocycles. The molecule has 0 radical (unpaired) electrons. The molecule has 2 rings (SSSR count). The molecule has 1 aromatic rings. The van der Waals surface area contributed by atoms with Crippen molar-refractivity contribution >= 4 is 0 Å². The van der Waals surface area contributed by atoms with Gasteiger partial charge in [0.25, 0.3) is 0 Å². The smallest absolute Gasteiger partial charge is 0.0843 e. The van der Waals surface area contributed by atoms with Crippen LogP contribution >= 0.6 is 0 Å². The Morgan fingerprint density at radius 1 is 1.75 bits per heavy atom. The van der Waals surface area contributed by atoms with Gasteiger partial charge in [0, 0.05) is 18.4 Å². The van der Waals surface area contributed by atoms with Gasteiger partial charge in [0.15, 0.2) is 0 Å². The summed E-state index contributed by atoms with van der Waals surface area (Å²) in [4.78, 5) is 5.79. The summed E-state index contributed by atoms with van der Waals surface area (Å²) in [7, 11) is 1.95. The molecule has 2 heterocycles. The van der Waals surface area contributed by atoms with Crippen molar-refractivity contribution in [2.24, 2.45) is 0 Å². The zero-order valence-electron chi connectivity index (χ0n) is 11.1. The Morgan fingerprint density at radius 2 is 2.67 bits per heavy atom. The van der Waals surface area contributed by atoms with Crippen molar-refractivity contribution in [1.82, 2.24) is 9.88 Å². The van der Waals surface area contributed by atoms with Crippen LogP contribution in [0.25, 0.3) is 0 Å². The fourth-order valence-corrected chi connectivity index (χ4v) is 1.67. The monoisotopic (exact) mass is 166 g/mol. The maximum atomic E-state index is 7.84. The van der Waals surface area contributed by atoms with Crippen LogP contribution in [0.4, 0.5) is 0 Å². The standard InChI is InChI=1S/C10H14N2/c1-12-7-3-5-10(12)9-4-2-6-11-8-9/h2,4,6,8,10H,3,5,7H2,1H3/t10-/m0/s1/i2D,4D,6D,8D. The van der Waals surface area contributed by atoms with Gasteiger partial charge in [-0.25, -0.2) is 0 Å². The van der Waals surface area contributed by atoms with E-state index in [2.05, 4.69) is 9.88 Å². The van der Waals surface area contributed by atoms with Crippen molar-refractivity contribution < 1.29 is 5.48 Å². The molecule has 64 valence electrons. The van der Waals surface area contributed by atoms with Crippen molar-refractivity contribution in [3.63, 3.8) is 0 Å². The Morgan fingerprint density at radius 3 is 3.42 bits per heavy atom. The lowest BCUT2D eigenvalue weighted by Crippen LogP contribution is -2.17. The first-order valence-electron chi connectivity index (χ1n) is 6.17. The quantitative estimate of drug-likeness (QED) is 0.633. The Balaban J connectivity index is 2.52. The van der Waals surface area contributed by atoms with Crippen molar-refractivity contribution in [1.29, 1.82) is 0 Å². The normalized spacial score (nSPS) is 29.2. The Labute approximate surface area is 78.8 Å². The molecule has 1 atom stereocenters. The lowest BCUT2D eigenvalue weighted by Gasteiger charge is -2.18. The molecule has 0 N–H and O–H groups in total. The zero-order valence-corrected chi connectivity index (χ0v) is 7.09. The molecule has 0 saturated carbocycles. The number of hydrogen-bond donors (Lipinski definition) is 0. The van der Waals surface area contributed by atoms with E-state index in [0.29, 0.717) is 5.56 Å². The Bertz CT molecular complexity index is 422. The lowest BCUT2D eigenvalue weighted by molar-refractivity contribution is 0.317. The second-order valence-corrected chi connectivity index (χ2v) is 3.14. The van der Waals surface area contributed by atoms with Crippen LogP contribution in [0, 0.1) is 0 Å². The van der Waals surface area contributed by atoms with Crippen LogP contribution in [0.2, 0.25) is 0 Å². The highest BCUT2D eigenvalue weighted by molar-refractivity contribution is 5.14. The van der Waals surface area contributed by atoms with Crippen LogP contribution in [-0.2, 0) is 0 Å².